The summed E-state index contributed by atoms with van der Waals surface area (Å²) in [6.45, 7) is 1.93. The SMILES string of the molecule is Cc1ccccc1-n1nc(-c2cccc(Br)c2)cc1C(=O)O. The number of aromatic nitrogens is 2. The second-order valence-corrected chi connectivity index (χ2v) is 5.84. The van der Waals surface area contributed by atoms with Crippen molar-refractivity contribution in [3.8, 4) is 16.9 Å². The number of aromatic carboxylic acids is 1. The van der Waals surface area contributed by atoms with E-state index in [2.05, 4.69) is 21.0 Å². The van der Waals surface area contributed by atoms with E-state index in [4.69, 9.17) is 0 Å². The van der Waals surface area contributed by atoms with E-state index >= 15 is 0 Å². The highest BCUT2D eigenvalue weighted by atomic mass is 79.9. The number of carbonyl (C=O) groups is 1. The Morgan fingerprint density at radius 1 is 1.14 bits per heavy atom. The van der Waals surface area contributed by atoms with Gasteiger partial charge in [-0.25, -0.2) is 9.48 Å². The molecular formula is C17H13BrN2O2. The molecule has 0 saturated carbocycles. The quantitative estimate of drug-likeness (QED) is 0.760. The van der Waals surface area contributed by atoms with Gasteiger partial charge in [-0.1, -0.05) is 46.3 Å². The molecule has 0 amide bonds. The molecule has 0 unspecified atom stereocenters. The topological polar surface area (TPSA) is 55.1 Å². The molecule has 0 saturated heterocycles. The van der Waals surface area contributed by atoms with Crippen LogP contribution in [0.2, 0.25) is 0 Å². The first-order valence-electron chi connectivity index (χ1n) is 6.71. The van der Waals surface area contributed by atoms with E-state index in [9.17, 15) is 9.90 Å². The second-order valence-electron chi connectivity index (χ2n) is 4.93. The summed E-state index contributed by atoms with van der Waals surface area (Å²) >= 11 is 3.42. The summed E-state index contributed by atoms with van der Waals surface area (Å²) in [5, 5.41) is 14.0. The Hall–Kier alpha value is -2.40. The first kappa shape index (κ1) is 14.5. The predicted molar refractivity (Wildman–Crippen MR) is 88.4 cm³/mol. The highest BCUT2D eigenvalue weighted by Crippen LogP contribution is 2.25. The average molecular weight is 357 g/mol. The molecule has 0 radical (unpaired) electrons. The number of aryl methyl sites for hydroxylation is 1. The van der Waals surface area contributed by atoms with E-state index in [1.165, 1.54) is 4.68 Å². The summed E-state index contributed by atoms with van der Waals surface area (Å²) in [5.41, 5.74) is 3.37. The van der Waals surface area contributed by atoms with Gasteiger partial charge in [0.2, 0.25) is 0 Å². The zero-order valence-corrected chi connectivity index (χ0v) is 13.4. The number of halogens is 1. The number of rotatable bonds is 3. The van der Waals surface area contributed by atoms with Crippen LogP contribution in [0.15, 0.2) is 59.1 Å². The maximum Gasteiger partial charge on any atom is 0.354 e. The fraction of sp³-hybridized carbons (Fsp3) is 0.0588. The Balaban J connectivity index is 2.19. The summed E-state index contributed by atoms with van der Waals surface area (Å²) in [4.78, 5) is 11.5. The van der Waals surface area contributed by atoms with Gasteiger partial charge in [-0.3, -0.25) is 0 Å². The van der Waals surface area contributed by atoms with Crippen LogP contribution in [0, 0.1) is 6.92 Å². The van der Waals surface area contributed by atoms with Crippen LogP contribution in [0.3, 0.4) is 0 Å². The van der Waals surface area contributed by atoms with Crippen LogP contribution in [0.1, 0.15) is 16.1 Å². The molecule has 1 heterocycles. The number of hydrogen-bond donors (Lipinski definition) is 1. The molecule has 1 N–H and O–H groups in total. The van der Waals surface area contributed by atoms with Gasteiger partial charge in [0.05, 0.1) is 11.4 Å². The van der Waals surface area contributed by atoms with Crippen LogP contribution in [0.4, 0.5) is 0 Å². The van der Waals surface area contributed by atoms with Crippen molar-refractivity contribution in [1.29, 1.82) is 0 Å². The third-order valence-electron chi connectivity index (χ3n) is 3.39. The van der Waals surface area contributed by atoms with Crippen LogP contribution in [-0.2, 0) is 0 Å². The van der Waals surface area contributed by atoms with Gasteiger partial charge in [-0.15, -0.1) is 0 Å². The van der Waals surface area contributed by atoms with Crippen LogP contribution < -0.4 is 0 Å². The second kappa shape index (κ2) is 5.77. The van der Waals surface area contributed by atoms with Crippen LogP contribution >= 0.6 is 15.9 Å². The maximum atomic E-state index is 11.5. The standard InChI is InChI=1S/C17H13BrN2O2/c1-11-5-2-3-8-15(11)20-16(17(21)22)10-14(19-20)12-6-4-7-13(18)9-12/h2-10H,1H3,(H,21,22). The number of carboxylic acids is 1. The minimum Gasteiger partial charge on any atom is -0.477 e. The van der Waals surface area contributed by atoms with Crippen molar-refractivity contribution >= 4 is 21.9 Å². The van der Waals surface area contributed by atoms with Gasteiger partial charge in [0.25, 0.3) is 0 Å². The zero-order chi connectivity index (χ0) is 15.7. The van der Waals surface area contributed by atoms with Gasteiger partial charge in [0.15, 0.2) is 5.69 Å². The molecule has 4 nitrogen and oxygen atoms in total. The fourth-order valence-corrected chi connectivity index (χ4v) is 2.71. The van der Waals surface area contributed by atoms with Crippen LogP contribution in [-0.4, -0.2) is 20.9 Å². The molecule has 3 rings (SSSR count). The smallest absolute Gasteiger partial charge is 0.354 e. The molecule has 0 bridgehead atoms. The fourth-order valence-electron chi connectivity index (χ4n) is 2.31. The number of carboxylic acid groups (broad SMARTS) is 1. The molecule has 0 aliphatic rings. The minimum absolute atomic E-state index is 0.143. The molecule has 0 aliphatic heterocycles. The Bertz CT molecular complexity index is 855. The number of benzene rings is 2. The molecule has 22 heavy (non-hydrogen) atoms. The zero-order valence-electron chi connectivity index (χ0n) is 11.8. The van der Waals surface area contributed by atoms with E-state index in [1.54, 1.807) is 6.07 Å². The van der Waals surface area contributed by atoms with E-state index < -0.39 is 5.97 Å². The Morgan fingerprint density at radius 2 is 1.91 bits per heavy atom. The minimum atomic E-state index is -1.00. The highest BCUT2D eigenvalue weighted by molar-refractivity contribution is 9.10. The Labute approximate surface area is 136 Å². The third-order valence-corrected chi connectivity index (χ3v) is 3.89. The molecule has 0 atom stereocenters. The van der Waals surface area contributed by atoms with Crippen molar-refractivity contribution < 1.29 is 9.90 Å². The lowest BCUT2D eigenvalue weighted by Crippen LogP contribution is -2.08. The van der Waals surface area contributed by atoms with Crippen LogP contribution in [0.5, 0.6) is 0 Å². The number of para-hydroxylation sites is 1. The lowest BCUT2D eigenvalue weighted by molar-refractivity contribution is 0.0687. The maximum absolute atomic E-state index is 11.5. The largest absolute Gasteiger partial charge is 0.477 e. The van der Waals surface area contributed by atoms with Gasteiger partial charge in [-0.2, -0.15) is 5.10 Å². The van der Waals surface area contributed by atoms with E-state index in [-0.39, 0.29) is 5.69 Å². The summed E-state index contributed by atoms with van der Waals surface area (Å²) in [5.74, 6) is -1.00. The number of nitrogens with zero attached hydrogens (tertiary/aromatic N) is 2. The number of hydrogen-bond acceptors (Lipinski definition) is 2. The summed E-state index contributed by atoms with van der Waals surface area (Å²) in [6, 6.07) is 16.8. The predicted octanol–water partition coefficient (Wildman–Crippen LogP) is 4.31. The summed E-state index contributed by atoms with van der Waals surface area (Å²) in [7, 11) is 0. The molecule has 0 aliphatic carbocycles. The lowest BCUT2D eigenvalue weighted by Gasteiger charge is -2.07. The van der Waals surface area contributed by atoms with Gasteiger partial charge < -0.3 is 5.11 Å². The van der Waals surface area contributed by atoms with Gasteiger partial charge >= 0.3 is 5.97 Å². The van der Waals surface area contributed by atoms with Crippen molar-refractivity contribution in [3.05, 3.63) is 70.3 Å². The Morgan fingerprint density at radius 3 is 2.59 bits per heavy atom. The molecular weight excluding hydrogens is 344 g/mol. The van der Waals surface area contributed by atoms with E-state index in [1.807, 2.05) is 55.5 Å². The van der Waals surface area contributed by atoms with Gasteiger partial charge in [-0.05, 0) is 36.8 Å². The first-order chi connectivity index (χ1) is 10.6. The third kappa shape index (κ3) is 2.67. The van der Waals surface area contributed by atoms with Crippen molar-refractivity contribution in [1.82, 2.24) is 9.78 Å². The summed E-state index contributed by atoms with van der Waals surface area (Å²) < 4.78 is 2.40. The molecule has 2 aromatic carbocycles. The van der Waals surface area contributed by atoms with E-state index in [0.29, 0.717) is 5.69 Å². The highest BCUT2D eigenvalue weighted by Gasteiger charge is 2.17. The normalized spacial score (nSPS) is 10.6. The monoisotopic (exact) mass is 356 g/mol. The molecule has 3 aromatic rings. The van der Waals surface area contributed by atoms with Crippen molar-refractivity contribution in [3.63, 3.8) is 0 Å². The molecule has 0 fully saturated rings. The lowest BCUT2D eigenvalue weighted by atomic mass is 10.1. The molecule has 1 aromatic heterocycles. The van der Waals surface area contributed by atoms with Gasteiger partial charge in [0, 0.05) is 10.0 Å². The van der Waals surface area contributed by atoms with E-state index in [0.717, 1.165) is 21.3 Å². The summed E-state index contributed by atoms with van der Waals surface area (Å²) in [6.07, 6.45) is 0. The van der Waals surface area contributed by atoms with Crippen molar-refractivity contribution in [2.24, 2.45) is 0 Å². The van der Waals surface area contributed by atoms with Gasteiger partial charge in [0.1, 0.15) is 0 Å². The Kier molecular flexibility index (Phi) is 3.81. The van der Waals surface area contributed by atoms with Crippen molar-refractivity contribution in [2.75, 3.05) is 0 Å². The first-order valence-corrected chi connectivity index (χ1v) is 7.51. The van der Waals surface area contributed by atoms with Crippen LogP contribution in [0.25, 0.3) is 16.9 Å². The molecule has 110 valence electrons. The molecule has 5 heteroatoms. The van der Waals surface area contributed by atoms with Crippen molar-refractivity contribution in [2.45, 2.75) is 6.92 Å². The average Bonchev–Trinajstić information content (AvgIpc) is 2.93. The molecule has 0 spiro atoms.